The number of nitrogens with one attached hydrogen (secondary N) is 1. The van der Waals surface area contributed by atoms with Gasteiger partial charge in [0, 0.05) is 11.4 Å². The molecule has 0 atom stereocenters. The van der Waals surface area contributed by atoms with E-state index in [1.807, 2.05) is 25.1 Å². The molecule has 16 heavy (non-hydrogen) atoms. The van der Waals surface area contributed by atoms with Crippen LogP contribution in [-0.2, 0) is 4.79 Å². The van der Waals surface area contributed by atoms with E-state index in [-0.39, 0.29) is 30.7 Å². The van der Waals surface area contributed by atoms with Crippen molar-refractivity contribution in [2.75, 3.05) is 31.7 Å². The quantitative estimate of drug-likeness (QED) is 0.817. The van der Waals surface area contributed by atoms with E-state index in [2.05, 4.69) is 5.32 Å². The molecule has 0 aliphatic heterocycles. The first-order valence-corrected chi connectivity index (χ1v) is 4.38. The minimum Gasteiger partial charge on any atom is -0.399 e. The fourth-order valence-corrected chi connectivity index (χ4v) is 1.10. The van der Waals surface area contributed by atoms with Crippen LogP contribution in [0.25, 0.3) is 0 Å². The van der Waals surface area contributed by atoms with Crippen molar-refractivity contribution in [2.24, 2.45) is 0 Å². The van der Waals surface area contributed by atoms with Crippen LogP contribution in [0, 0.1) is 0 Å². The average Bonchev–Trinajstić information content (AvgIpc) is 2.01. The van der Waals surface area contributed by atoms with Crippen LogP contribution < -0.4 is 11.1 Å². The Morgan fingerprint density at radius 2 is 2.00 bits per heavy atom. The number of nitrogen functional groups attached to an aromatic ring is 1. The highest BCUT2D eigenvalue weighted by atomic mass is 35.5. The number of rotatable bonds is 3. The molecule has 0 aliphatic carbocycles. The number of carbonyl (C=O) groups excluding carboxylic acids is 1. The smallest absolute Gasteiger partial charge is 0.238 e. The lowest BCUT2D eigenvalue weighted by Crippen LogP contribution is -2.27. The Morgan fingerprint density at radius 1 is 1.38 bits per heavy atom. The lowest BCUT2D eigenvalue weighted by Gasteiger charge is -2.10. The summed E-state index contributed by atoms with van der Waals surface area (Å²) < 4.78 is 0. The number of likely N-dealkylation sites (N-methyl/N-ethyl adjacent to an activating group) is 1. The van der Waals surface area contributed by atoms with E-state index in [0.29, 0.717) is 12.2 Å². The number of nitrogens with two attached hydrogens (primary N) is 1. The standard InChI is InChI=1S/C10H15N3O.2ClH/c1-13(2)7-10(14)12-9-5-3-4-8(11)6-9;;/h3-6H,7,11H2,1-2H3,(H,12,14);2*1H. The van der Waals surface area contributed by atoms with Crippen molar-refractivity contribution < 1.29 is 4.79 Å². The first kappa shape index (κ1) is 17.4. The van der Waals surface area contributed by atoms with Gasteiger partial charge >= 0.3 is 0 Å². The van der Waals surface area contributed by atoms with Gasteiger partial charge in [-0.15, -0.1) is 24.8 Å². The van der Waals surface area contributed by atoms with Gasteiger partial charge < -0.3 is 16.0 Å². The Morgan fingerprint density at radius 3 is 2.50 bits per heavy atom. The van der Waals surface area contributed by atoms with E-state index < -0.39 is 0 Å². The maximum atomic E-state index is 11.3. The number of amides is 1. The van der Waals surface area contributed by atoms with Gasteiger partial charge in [0.25, 0.3) is 0 Å². The second kappa shape index (κ2) is 8.21. The SMILES string of the molecule is CN(C)CC(=O)Nc1cccc(N)c1.Cl.Cl. The third-order valence-corrected chi connectivity index (χ3v) is 1.63. The van der Waals surface area contributed by atoms with Crippen LogP contribution in [0.2, 0.25) is 0 Å². The summed E-state index contributed by atoms with van der Waals surface area (Å²) in [5.41, 5.74) is 6.95. The molecule has 0 heterocycles. The zero-order valence-electron chi connectivity index (χ0n) is 9.27. The second-order valence-corrected chi connectivity index (χ2v) is 3.41. The minimum absolute atomic E-state index is 0. The van der Waals surface area contributed by atoms with Crippen LogP contribution >= 0.6 is 24.8 Å². The molecule has 1 aromatic rings. The number of halogens is 2. The maximum absolute atomic E-state index is 11.3. The highest BCUT2D eigenvalue weighted by Crippen LogP contribution is 2.11. The van der Waals surface area contributed by atoms with Crippen molar-refractivity contribution in [3.8, 4) is 0 Å². The molecule has 1 rings (SSSR count). The fourth-order valence-electron chi connectivity index (χ4n) is 1.10. The molecule has 0 unspecified atom stereocenters. The normalized spacial score (nSPS) is 8.94. The predicted octanol–water partition coefficient (Wildman–Crippen LogP) is 1.61. The number of carbonyl (C=O) groups is 1. The van der Waals surface area contributed by atoms with Gasteiger partial charge in [-0.05, 0) is 32.3 Å². The van der Waals surface area contributed by atoms with Crippen molar-refractivity contribution >= 4 is 42.1 Å². The summed E-state index contributed by atoms with van der Waals surface area (Å²) >= 11 is 0. The number of nitrogens with zero attached hydrogens (tertiary/aromatic N) is 1. The number of hydrogen-bond acceptors (Lipinski definition) is 3. The minimum atomic E-state index is -0.0411. The van der Waals surface area contributed by atoms with Gasteiger partial charge in [-0.1, -0.05) is 6.07 Å². The molecule has 92 valence electrons. The molecule has 0 fully saturated rings. The molecule has 0 aliphatic rings. The predicted molar refractivity (Wildman–Crippen MR) is 72.5 cm³/mol. The summed E-state index contributed by atoms with van der Waals surface area (Å²) in [6.45, 7) is 0.370. The Balaban J connectivity index is 0. The van der Waals surface area contributed by atoms with E-state index in [4.69, 9.17) is 5.73 Å². The molecule has 4 nitrogen and oxygen atoms in total. The number of hydrogen-bond donors (Lipinski definition) is 2. The molecule has 0 saturated carbocycles. The molecule has 1 aromatic carbocycles. The largest absolute Gasteiger partial charge is 0.399 e. The van der Waals surface area contributed by atoms with E-state index in [0.717, 1.165) is 5.69 Å². The van der Waals surface area contributed by atoms with Gasteiger partial charge in [-0.25, -0.2) is 0 Å². The van der Waals surface area contributed by atoms with Crippen LogP contribution in [0.15, 0.2) is 24.3 Å². The zero-order valence-corrected chi connectivity index (χ0v) is 10.9. The first-order chi connectivity index (χ1) is 6.58. The Kier molecular flexibility index (Phi) is 8.95. The van der Waals surface area contributed by atoms with Crippen LogP contribution in [-0.4, -0.2) is 31.4 Å². The fraction of sp³-hybridized carbons (Fsp3) is 0.300. The third-order valence-electron chi connectivity index (χ3n) is 1.63. The van der Waals surface area contributed by atoms with E-state index in [1.165, 1.54) is 0 Å². The molecular formula is C10H17Cl2N3O. The Labute approximate surface area is 108 Å². The van der Waals surface area contributed by atoms with Crippen LogP contribution in [0.4, 0.5) is 11.4 Å². The van der Waals surface area contributed by atoms with Crippen LogP contribution in [0.1, 0.15) is 0 Å². The zero-order chi connectivity index (χ0) is 10.6. The van der Waals surface area contributed by atoms with Gasteiger partial charge in [0.1, 0.15) is 0 Å². The van der Waals surface area contributed by atoms with Crippen molar-refractivity contribution in [2.45, 2.75) is 0 Å². The maximum Gasteiger partial charge on any atom is 0.238 e. The molecule has 3 N–H and O–H groups in total. The van der Waals surface area contributed by atoms with Crippen molar-refractivity contribution in [3.63, 3.8) is 0 Å². The van der Waals surface area contributed by atoms with Crippen LogP contribution in [0.5, 0.6) is 0 Å². The molecular weight excluding hydrogens is 249 g/mol. The van der Waals surface area contributed by atoms with Crippen molar-refractivity contribution in [1.82, 2.24) is 4.90 Å². The second-order valence-electron chi connectivity index (χ2n) is 3.41. The summed E-state index contributed by atoms with van der Waals surface area (Å²) in [6.07, 6.45) is 0. The van der Waals surface area contributed by atoms with E-state index in [1.54, 1.807) is 18.2 Å². The van der Waals surface area contributed by atoms with Gasteiger partial charge in [0.15, 0.2) is 0 Å². The summed E-state index contributed by atoms with van der Waals surface area (Å²) in [7, 11) is 3.69. The Hall–Kier alpha value is -0.970. The molecule has 0 aromatic heterocycles. The van der Waals surface area contributed by atoms with Crippen molar-refractivity contribution in [3.05, 3.63) is 24.3 Å². The first-order valence-electron chi connectivity index (χ1n) is 4.38. The molecule has 0 radical (unpaired) electrons. The lowest BCUT2D eigenvalue weighted by molar-refractivity contribution is -0.116. The molecule has 6 heteroatoms. The average molecular weight is 266 g/mol. The molecule has 1 amide bonds. The monoisotopic (exact) mass is 265 g/mol. The number of anilines is 2. The van der Waals surface area contributed by atoms with Crippen LogP contribution in [0.3, 0.4) is 0 Å². The van der Waals surface area contributed by atoms with Crippen molar-refractivity contribution in [1.29, 1.82) is 0 Å². The molecule has 0 bridgehead atoms. The number of benzene rings is 1. The Bertz CT molecular complexity index is 332. The van der Waals surface area contributed by atoms with Gasteiger partial charge in [-0.2, -0.15) is 0 Å². The topological polar surface area (TPSA) is 58.4 Å². The summed E-state index contributed by atoms with van der Waals surface area (Å²) in [4.78, 5) is 13.1. The van der Waals surface area contributed by atoms with Gasteiger partial charge in [-0.3, -0.25) is 4.79 Å². The van der Waals surface area contributed by atoms with Gasteiger partial charge in [0.05, 0.1) is 6.54 Å². The molecule has 0 saturated heterocycles. The summed E-state index contributed by atoms with van der Waals surface area (Å²) in [6, 6.07) is 7.12. The van der Waals surface area contributed by atoms with E-state index in [9.17, 15) is 4.79 Å². The highest BCUT2D eigenvalue weighted by molar-refractivity contribution is 5.92. The third kappa shape index (κ3) is 6.50. The molecule has 0 spiro atoms. The van der Waals surface area contributed by atoms with Gasteiger partial charge in [0.2, 0.25) is 5.91 Å². The summed E-state index contributed by atoms with van der Waals surface area (Å²) in [5.74, 6) is -0.0411. The highest BCUT2D eigenvalue weighted by Gasteiger charge is 2.02. The lowest BCUT2D eigenvalue weighted by atomic mass is 10.3. The summed E-state index contributed by atoms with van der Waals surface area (Å²) in [5, 5.41) is 2.75. The van der Waals surface area contributed by atoms with E-state index >= 15 is 0 Å².